The quantitative estimate of drug-likeness (QED) is 0.749. The molecule has 0 amide bonds. The van der Waals surface area contributed by atoms with E-state index < -0.39 is 0 Å². The van der Waals surface area contributed by atoms with E-state index >= 15 is 0 Å². The Kier molecular flexibility index (Phi) is 2.36. The van der Waals surface area contributed by atoms with Crippen LogP contribution in [0.3, 0.4) is 0 Å². The molecular weight excluding hydrogens is 198 g/mol. The van der Waals surface area contributed by atoms with Crippen molar-refractivity contribution >= 4 is 12.2 Å². The Morgan fingerprint density at radius 3 is 3.07 bits per heavy atom. The van der Waals surface area contributed by atoms with Gasteiger partial charge in [-0.2, -0.15) is 5.21 Å². The third kappa shape index (κ3) is 1.69. The van der Waals surface area contributed by atoms with Gasteiger partial charge in [0.05, 0.1) is 6.54 Å². The van der Waals surface area contributed by atoms with Gasteiger partial charge in [0.25, 0.3) is 0 Å². The molecule has 72 valence electrons. The fraction of sp³-hybridized carbons (Fsp3) is 0.250. The maximum atomic E-state index is 4.97. The summed E-state index contributed by atoms with van der Waals surface area (Å²) in [7, 11) is 0. The summed E-state index contributed by atoms with van der Waals surface area (Å²) in [5.41, 5.74) is 2.28. The normalized spacial score (nSPS) is 10.4. The molecule has 6 heteroatoms. The molecule has 2 aromatic rings. The zero-order chi connectivity index (χ0) is 9.97. The van der Waals surface area contributed by atoms with Crippen LogP contribution in [0.4, 0.5) is 0 Å². The highest BCUT2D eigenvalue weighted by Gasteiger charge is 2.00. The zero-order valence-corrected chi connectivity index (χ0v) is 8.45. The van der Waals surface area contributed by atoms with Crippen molar-refractivity contribution in [2.75, 3.05) is 0 Å². The first kappa shape index (κ1) is 9.01. The largest absolute Gasteiger partial charge is 0.264 e. The molecule has 0 unspecified atom stereocenters. The summed E-state index contributed by atoms with van der Waals surface area (Å²) in [4.78, 5) is 4.02. The van der Waals surface area contributed by atoms with Crippen molar-refractivity contribution in [2.45, 2.75) is 13.5 Å². The molecule has 0 radical (unpaired) electrons. The maximum absolute atomic E-state index is 4.97. The molecular formula is C8H9N5S. The van der Waals surface area contributed by atoms with Gasteiger partial charge in [-0.25, -0.2) is 4.68 Å². The lowest BCUT2D eigenvalue weighted by atomic mass is 10.2. The van der Waals surface area contributed by atoms with Crippen molar-refractivity contribution < 1.29 is 0 Å². The van der Waals surface area contributed by atoms with Crippen LogP contribution in [-0.4, -0.2) is 25.2 Å². The average Bonchev–Trinajstić information content (AvgIpc) is 2.56. The van der Waals surface area contributed by atoms with E-state index in [0.717, 1.165) is 11.1 Å². The Morgan fingerprint density at radius 2 is 2.43 bits per heavy atom. The fourth-order valence-corrected chi connectivity index (χ4v) is 1.32. The van der Waals surface area contributed by atoms with Crippen LogP contribution in [0.15, 0.2) is 18.5 Å². The van der Waals surface area contributed by atoms with Gasteiger partial charge in [0.15, 0.2) is 0 Å². The van der Waals surface area contributed by atoms with Crippen molar-refractivity contribution in [1.29, 1.82) is 0 Å². The first-order chi connectivity index (χ1) is 6.77. The summed E-state index contributed by atoms with van der Waals surface area (Å²) >= 11 is 4.97. The Bertz CT molecular complexity index is 486. The first-order valence-electron chi connectivity index (χ1n) is 4.15. The fourth-order valence-electron chi connectivity index (χ4n) is 1.17. The second kappa shape index (κ2) is 3.67. The highest BCUT2D eigenvalue weighted by molar-refractivity contribution is 7.71. The number of nitrogens with zero attached hydrogens (tertiary/aromatic N) is 4. The van der Waals surface area contributed by atoms with Crippen LogP contribution in [0, 0.1) is 11.7 Å². The monoisotopic (exact) mass is 207 g/mol. The maximum Gasteiger partial charge on any atom is 0.238 e. The summed E-state index contributed by atoms with van der Waals surface area (Å²) in [6, 6.07) is 1.96. The molecule has 0 bridgehead atoms. The molecule has 0 aliphatic rings. The highest BCUT2D eigenvalue weighted by Crippen LogP contribution is 2.06. The topological polar surface area (TPSA) is 59.4 Å². The van der Waals surface area contributed by atoms with Crippen LogP contribution in [0.1, 0.15) is 11.1 Å². The SMILES string of the molecule is Cc1cnccc1Cn1[nH]nnc1=S. The molecule has 0 aliphatic heterocycles. The second-order valence-corrected chi connectivity index (χ2v) is 3.34. The minimum absolute atomic E-state index is 0.459. The highest BCUT2D eigenvalue weighted by atomic mass is 32.1. The molecule has 2 aromatic heterocycles. The third-order valence-electron chi connectivity index (χ3n) is 2.00. The zero-order valence-electron chi connectivity index (χ0n) is 7.64. The molecule has 0 spiro atoms. The molecule has 0 aliphatic carbocycles. The number of hydrogen-bond acceptors (Lipinski definition) is 4. The molecule has 0 atom stereocenters. The number of aromatic nitrogens is 5. The number of aromatic amines is 1. The number of aryl methyl sites for hydroxylation is 1. The minimum Gasteiger partial charge on any atom is -0.264 e. The van der Waals surface area contributed by atoms with Crippen LogP contribution in [0.25, 0.3) is 0 Å². The van der Waals surface area contributed by atoms with E-state index in [1.807, 2.05) is 19.2 Å². The van der Waals surface area contributed by atoms with Crippen molar-refractivity contribution in [3.8, 4) is 0 Å². The number of hydrogen-bond donors (Lipinski definition) is 1. The van der Waals surface area contributed by atoms with Crippen LogP contribution >= 0.6 is 12.2 Å². The van der Waals surface area contributed by atoms with E-state index in [9.17, 15) is 0 Å². The lowest BCUT2D eigenvalue weighted by Crippen LogP contribution is -2.03. The van der Waals surface area contributed by atoms with Gasteiger partial charge in [-0.3, -0.25) is 4.98 Å². The van der Waals surface area contributed by atoms with E-state index in [1.165, 1.54) is 0 Å². The van der Waals surface area contributed by atoms with E-state index in [-0.39, 0.29) is 0 Å². The van der Waals surface area contributed by atoms with E-state index in [2.05, 4.69) is 20.5 Å². The molecule has 14 heavy (non-hydrogen) atoms. The second-order valence-electron chi connectivity index (χ2n) is 2.97. The standard InChI is InChI=1S/C8H9N5S/c1-6-4-9-3-2-7(6)5-13-8(14)10-11-12-13/h2-4H,5H2,1H3,(H,10,12,14). The van der Waals surface area contributed by atoms with Crippen molar-refractivity contribution in [1.82, 2.24) is 25.2 Å². The number of nitrogens with one attached hydrogen (secondary N) is 1. The summed E-state index contributed by atoms with van der Waals surface area (Å²) in [6.45, 7) is 2.66. The van der Waals surface area contributed by atoms with Crippen molar-refractivity contribution in [3.63, 3.8) is 0 Å². The summed E-state index contributed by atoms with van der Waals surface area (Å²) < 4.78 is 2.17. The summed E-state index contributed by atoms with van der Waals surface area (Å²) in [5, 5.41) is 10.0. The Hall–Kier alpha value is -1.56. The average molecular weight is 207 g/mol. The first-order valence-corrected chi connectivity index (χ1v) is 4.55. The van der Waals surface area contributed by atoms with Crippen LogP contribution in [0.5, 0.6) is 0 Å². The number of H-pyrrole nitrogens is 1. The lowest BCUT2D eigenvalue weighted by Gasteiger charge is -2.03. The van der Waals surface area contributed by atoms with Gasteiger partial charge < -0.3 is 0 Å². The summed E-state index contributed by atoms with van der Waals surface area (Å²) in [5.74, 6) is 0. The van der Waals surface area contributed by atoms with Gasteiger partial charge in [-0.05, 0) is 36.3 Å². The van der Waals surface area contributed by atoms with Gasteiger partial charge in [0, 0.05) is 12.4 Å². The van der Waals surface area contributed by atoms with Gasteiger partial charge >= 0.3 is 0 Å². The number of tetrazole rings is 1. The van der Waals surface area contributed by atoms with Gasteiger partial charge in [-0.15, -0.1) is 0 Å². The number of pyridine rings is 1. The Balaban J connectivity index is 2.32. The molecule has 2 heterocycles. The van der Waals surface area contributed by atoms with Gasteiger partial charge in [0.2, 0.25) is 4.77 Å². The molecule has 0 saturated heterocycles. The number of rotatable bonds is 2. The van der Waals surface area contributed by atoms with Crippen LogP contribution in [0.2, 0.25) is 0 Å². The molecule has 2 rings (SSSR count). The molecule has 0 aromatic carbocycles. The van der Waals surface area contributed by atoms with E-state index in [0.29, 0.717) is 11.3 Å². The third-order valence-corrected chi connectivity index (χ3v) is 2.30. The molecule has 0 saturated carbocycles. The smallest absolute Gasteiger partial charge is 0.238 e. The Morgan fingerprint density at radius 1 is 1.57 bits per heavy atom. The van der Waals surface area contributed by atoms with Crippen molar-refractivity contribution in [2.24, 2.45) is 0 Å². The summed E-state index contributed by atoms with van der Waals surface area (Å²) in [6.07, 6.45) is 3.58. The van der Waals surface area contributed by atoms with Gasteiger partial charge in [-0.1, -0.05) is 10.3 Å². The predicted octanol–water partition coefficient (Wildman–Crippen LogP) is 1.09. The molecule has 5 nitrogen and oxygen atoms in total. The lowest BCUT2D eigenvalue weighted by molar-refractivity contribution is 0.639. The van der Waals surface area contributed by atoms with Crippen LogP contribution < -0.4 is 0 Å². The molecule has 1 N–H and O–H groups in total. The van der Waals surface area contributed by atoms with Crippen LogP contribution in [-0.2, 0) is 6.54 Å². The van der Waals surface area contributed by atoms with Gasteiger partial charge in [0.1, 0.15) is 0 Å². The minimum atomic E-state index is 0.459. The Labute approximate surface area is 85.8 Å². The van der Waals surface area contributed by atoms with E-state index in [1.54, 1.807) is 10.9 Å². The molecule has 0 fully saturated rings. The predicted molar refractivity (Wildman–Crippen MR) is 53.3 cm³/mol. The van der Waals surface area contributed by atoms with E-state index in [4.69, 9.17) is 12.2 Å². The van der Waals surface area contributed by atoms with Crippen molar-refractivity contribution in [3.05, 3.63) is 34.4 Å².